The summed E-state index contributed by atoms with van der Waals surface area (Å²) in [5.74, 6) is 0.542. The molecule has 1 aromatic carbocycles. The number of amides is 1. The highest BCUT2D eigenvalue weighted by atomic mass is 79.9. The molecule has 6 heteroatoms. The van der Waals surface area contributed by atoms with Crippen molar-refractivity contribution in [2.75, 3.05) is 39.0 Å². The first-order valence-corrected chi connectivity index (χ1v) is 8.99. The second kappa shape index (κ2) is 7.63. The number of thioether (sulfide) groups is 1. The number of hydrogen-bond acceptors (Lipinski definition) is 3. The summed E-state index contributed by atoms with van der Waals surface area (Å²) in [6, 6.07) is 4.25. The number of piperazine rings is 1. The van der Waals surface area contributed by atoms with Crippen LogP contribution in [0.1, 0.15) is 11.1 Å². The minimum atomic E-state index is 0.0829. The van der Waals surface area contributed by atoms with Gasteiger partial charge in [-0.25, -0.2) is 5.01 Å². The van der Waals surface area contributed by atoms with Crippen LogP contribution >= 0.6 is 27.7 Å². The minimum absolute atomic E-state index is 0.0829. The standard InChI is InChI=1S/C15H22BrN3OS/c1-11-9-14(12(2)8-13(11)16)21-10-15(20)17-19-6-4-18(3)5-7-19/h8-9H,4-7,10H2,1-3H3,(H,17,20)/p+1. The minimum Gasteiger partial charge on any atom is -0.335 e. The lowest BCUT2D eigenvalue weighted by Gasteiger charge is -2.30. The van der Waals surface area contributed by atoms with Crippen molar-refractivity contribution in [2.45, 2.75) is 18.7 Å². The lowest BCUT2D eigenvalue weighted by atomic mass is 10.2. The molecule has 1 fully saturated rings. The summed E-state index contributed by atoms with van der Waals surface area (Å²) in [7, 11) is 2.19. The predicted octanol–water partition coefficient (Wildman–Crippen LogP) is 1.02. The van der Waals surface area contributed by atoms with E-state index < -0.39 is 0 Å². The van der Waals surface area contributed by atoms with Crippen molar-refractivity contribution in [3.8, 4) is 0 Å². The molecule has 0 atom stereocenters. The van der Waals surface area contributed by atoms with E-state index in [4.69, 9.17) is 0 Å². The molecule has 2 rings (SSSR count). The summed E-state index contributed by atoms with van der Waals surface area (Å²) in [5.41, 5.74) is 5.41. The quantitative estimate of drug-likeness (QED) is 0.774. The third kappa shape index (κ3) is 4.98. The average Bonchev–Trinajstić information content (AvgIpc) is 2.44. The van der Waals surface area contributed by atoms with Crippen LogP contribution in [0.3, 0.4) is 0 Å². The molecule has 0 saturated carbocycles. The fraction of sp³-hybridized carbons (Fsp3) is 0.533. The van der Waals surface area contributed by atoms with Crippen LogP contribution in [-0.4, -0.2) is 49.9 Å². The van der Waals surface area contributed by atoms with Crippen LogP contribution in [0.15, 0.2) is 21.5 Å². The average molecular weight is 373 g/mol. The van der Waals surface area contributed by atoms with Crippen molar-refractivity contribution in [1.82, 2.24) is 10.4 Å². The Bertz CT molecular complexity index is 516. The molecule has 116 valence electrons. The van der Waals surface area contributed by atoms with Crippen molar-refractivity contribution >= 4 is 33.6 Å². The molecule has 0 aromatic heterocycles. The maximum atomic E-state index is 12.0. The Morgan fingerprint density at radius 2 is 2.00 bits per heavy atom. The molecule has 0 radical (unpaired) electrons. The van der Waals surface area contributed by atoms with Crippen molar-refractivity contribution in [2.24, 2.45) is 0 Å². The molecule has 0 unspecified atom stereocenters. The van der Waals surface area contributed by atoms with Crippen LogP contribution in [0.4, 0.5) is 0 Å². The van der Waals surface area contributed by atoms with Crippen LogP contribution in [0.5, 0.6) is 0 Å². The van der Waals surface area contributed by atoms with Gasteiger partial charge in [0.1, 0.15) is 0 Å². The van der Waals surface area contributed by atoms with E-state index in [0.29, 0.717) is 5.75 Å². The summed E-state index contributed by atoms with van der Waals surface area (Å²) < 4.78 is 1.12. The Hall–Kier alpha value is -0.560. The fourth-order valence-electron chi connectivity index (χ4n) is 2.26. The lowest BCUT2D eigenvalue weighted by molar-refractivity contribution is -0.884. The number of aryl methyl sites for hydroxylation is 2. The first-order valence-electron chi connectivity index (χ1n) is 7.21. The van der Waals surface area contributed by atoms with Crippen LogP contribution < -0.4 is 10.3 Å². The van der Waals surface area contributed by atoms with Crippen molar-refractivity contribution < 1.29 is 9.69 Å². The molecule has 0 aliphatic carbocycles. The maximum Gasteiger partial charge on any atom is 0.244 e. The number of halogens is 1. The first-order chi connectivity index (χ1) is 9.95. The van der Waals surface area contributed by atoms with Gasteiger partial charge >= 0.3 is 0 Å². The third-order valence-electron chi connectivity index (χ3n) is 3.71. The molecule has 2 N–H and O–H groups in total. The molecule has 1 saturated heterocycles. The largest absolute Gasteiger partial charge is 0.335 e. The molecule has 21 heavy (non-hydrogen) atoms. The smallest absolute Gasteiger partial charge is 0.244 e. The van der Waals surface area contributed by atoms with E-state index in [2.05, 4.69) is 54.4 Å². The van der Waals surface area contributed by atoms with Crippen LogP contribution in [0.25, 0.3) is 0 Å². The van der Waals surface area contributed by atoms with Crippen molar-refractivity contribution in [1.29, 1.82) is 0 Å². The Morgan fingerprint density at radius 1 is 1.33 bits per heavy atom. The van der Waals surface area contributed by atoms with Gasteiger partial charge < -0.3 is 4.90 Å². The molecule has 1 aliphatic heterocycles. The van der Waals surface area contributed by atoms with E-state index in [1.807, 2.05) is 5.01 Å². The summed E-state index contributed by atoms with van der Waals surface area (Å²) in [5, 5.41) is 2.04. The number of hydrogen-bond donors (Lipinski definition) is 2. The van der Waals surface area contributed by atoms with Gasteiger partial charge in [-0.15, -0.1) is 11.8 Å². The van der Waals surface area contributed by atoms with E-state index in [9.17, 15) is 4.79 Å². The number of carbonyl (C=O) groups is 1. The maximum absolute atomic E-state index is 12.0. The Labute approximate surface area is 139 Å². The first kappa shape index (κ1) is 16.8. The highest BCUT2D eigenvalue weighted by molar-refractivity contribution is 9.10. The zero-order valence-corrected chi connectivity index (χ0v) is 15.2. The topological polar surface area (TPSA) is 36.8 Å². The second-order valence-corrected chi connectivity index (χ2v) is 7.51. The fourth-order valence-corrected chi connectivity index (χ4v) is 3.62. The van der Waals surface area contributed by atoms with Gasteiger partial charge in [0.05, 0.1) is 39.0 Å². The van der Waals surface area contributed by atoms with Gasteiger partial charge in [-0.1, -0.05) is 15.9 Å². The Kier molecular flexibility index (Phi) is 6.10. The number of hydrazine groups is 1. The Balaban J connectivity index is 1.83. The van der Waals surface area contributed by atoms with E-state index >= 15 is 0 Å². The van der Waals surface area contributed by atoms with E-state index in [1.165, 1.54) is 20.9 Å². The van der Waals surface area contributed by atoms with Gasteiger partial charge in [0.2, 0.25) is 5.91 Å². The SMILES string of the molecule is Cc1cc(SCC(=O)NN2CC[NH+](C)CC2)c(C)cc1Br. The number of nitrogens with zero attached hydrogens (tertiary/aromatic N) is 1. The van der Waals surface area contributed by atoms with Gasteiger partial charge in [-0.2, -0.15) is 0 Å². The molecular formula is C15H23BrN3OS+. The number of likely N-dealkylation sites (N-methyl/N-ethyl adjacent to an activating group) is 1. The molecule has 1 aromatic rings. The molecule has 0 bridgehead atoms. The third-order valence-corrected chi connectivity index (χ3v) is 5.73. The van der Waals surface area contributed by atoms with Gasteiger partial charge in [-0.05, 0) is 37.1 Å². The van der Waals surface area contributed by atoms with Crippen molar-refractivity contribution in [3.05, 3.63) is 27.7 Å². The summed E-state index contributed by atoms with van der Waals surface area (Å²) in [6.45, 7) is 8.17. The van der Waals surface area contributed by atoms with Gasteiger partial charge in [0.15, 0.2) is 0 Å². The highest BCUT2D eigenvalue weighted by Crippen LogP contribution is 2.28. The Morgan fingerprint density at radius 3 is 2.67 bits per heavy atom. The van der Waals surface area contributed by atoms with E-state index in [0.717, 1.165) is 30.7 Å². The molecule has 4 nitrogen and oxygen atoms in total. The second-order valence-electron chi connectivity index (χ2n) is 5.63. The van der Waals surface area contributed by atoms with E-state index in [1.54, 1.807) is 11.8 Å². The number of nitrogens with one attached hydrogen (secondary N) is 2. The number of benzene rings is 1. The predicted molar refractivity (Wildman–Crippen MR) is 90.7 cm³/mol. The van der Waals surface area contributed by atoms with Gasteiger partial charge in [0.25, 0.3) is 0 Å². The summed E-state index contributed by atoms with van der Waals surface area (Å²) >= 11 is 5.14. The number of rotatable bonds is 4. The normalized spacial score (nSPS) is 17.0. The van der Waals surface area contributed by atoms with Gasteiger partial charge in [-0.3, -0.25) is 10.2 Å². The molecule has 1 heterocycles. The van der Waals surface area contributed by atoms with Crippen LogP contribution in [0, 0.1) is 13.8 Å². The van der Waals surface area contributed by atoms with Crippen LogP contribution in [-0.2, 0) is 4.79 Å². The zero-order chi connectivity index (χ0) is 15.4. The van der Waals surface area contributed by atoms with Crippen molar-refractivity contribution in [3.63, 3.8) is 0 Å². The van der Waals surface area contributed by atoms with Gasteiger partial charge in [0, 0.05) is 9.37 Å². The summed E-state index contributed by atoms with van der Waals surface area (Å²) in [6.07, 6.45) is 0. The lowest BCUT2D eigenvalue weighted by Crippen LogP contribution is -3.12. The summed E-state index contributed by atoms with van der Waals surface area (Å²) in [4.78, 5) is 14.7. The highest BCUT2D eigenvalue weighted by Gasteiger charge is 2.18. The zero-order valence-electron chi connectivity index (χ0n) is 12.8. The molecule has 0 spiro atoms. The van der Waals surface area contributed by atoms with E-state index in [-0.39, 0.29) is 5.91 Å². The number of carbonyl (C=O) groups excluding carboxylic acids is 1. The molecule has 1 amide bonds. The molecular weight excluding hydrogens is 350 g/mol. The van der Waals surface area contributed by atoms with Crippen LogP contribution in [0.2, 0.25) is 0 Å². The molecule has 1 aliphatic rings. The number of quaternary nitrogens is 1. The monoisotopic (exact) mass is 372 g/mol.